The van der Waals surface area contributed by atoms with Gasteiger partial charge in [-0.2, -0.15) is 0 Å². The Morgan fingerprint density at radius 1 is 1.21 bits per heavy atom. The summed E-state index contributed by atoms with van der Waals surface area (Å²) in [5.74, 6) is 1.45. The number of aromatic nitrogens is 1. The van der Waals surface area contributed by atoms with Gasteiger partial charge in [-0.25, -0.2) is 0 Å². The fourth-order valence-corrected chi connectivity index (χ4v) is 4.24. The van der Waals surface area contributed by atoms with Crippen molar-refractivity contribution < 1.29 is 9.21 Å². The highest BCUT2D eigenvalue weighted by atomic mass is 16.3. The summed E-state index contributed by atoms with van der Waals surface area (Å²) >= 11 is 0. The second-order valence-corrected chi connectivity index (χ2v) is 7.69. The summed E-state index contributed by atoms with van der Waals surface area (Å²) in [5.41, 5.74) is 3.15. The van der Waals surface area contributed by atoms with E-state index in [0.717, 1.165) is 49.5 Å². The van der Waals surface area contributed by atoms with E-state index in [4.69, 9.17) is 4.42 Å². The lowest BCUT2D eigenvalue weighted by atomic mass is 9.87. The van der Waals surface area contributed by atoms with E-state index in [-0.39, 0.29) is 11.9 Å². The van der Waals surface area contributed by atoms with Gasteiger partial charge in [-0.15, -0.1) is 0 Å². The summed E-state index contributed by atoms with van der Waals surface area (Å²) in [6, 6.07) is 14.1. The second kappa shape index (κ2) is 8.15. The first kappa shape index (κ1) is 18.7. The quantitative estimate of drug-likeness (QED) is 0.723. The maximum Gasteiger partial charge on any atom is 0.217 e. The summed E-state index contributed by atoms with van der Waals surface area (Å²) < 4.78 is 6.09. The van der Waals surface area contributed by atoms with Crippen molar-refractivity contribution in [1.82, 2.24) is 15.2 Å². The van der Waals surface area contributed by atoms with Crippen LogP contribution in [0.25, 0.3) is 11.0 Å². The number of nitrogens with zero attached hydrogens (tertiary/aromatic N) is 2. The van der Waals surface area contributed by atoms with E-state index in [1.165, 1.54) is 10.9 Å². The molecule has 1 fully saturated rings. The van der Waals surface area contributed by atoms with Crippen LogP contribution in [0.5, 0.6) is 0 Å². The normalized spacial score (nSPS) is 16.9. The van der Waals surface area contributed by atoms with Crippen molar-refractivity contribution in [3.05, 3.63) is 65.7 Å². The summed E-state index contributed by atoms with van der Waals surface area (Å²) in [6.07, 6.45) is 3.85. The first-order valence-corrected chi connectivity index (χ1v) is 9.99. The Morgan fingerprint density at radius 3 is 2.64 bits per heavy atom. The third kappa shape index (κ3) is 3.94. The number of amides is 1. The zero-order valence-corrected chi connectivity index (χ0v) is 16.5. The van der Waals surface area contributed by atoms with Crippen LogP contribution in [-0.2, 0) is 11.3 Å². The Balaban J connectivity index is 1.43. The number of carbonyl (C=O) groups excluding carboxylic acids is 1. The first-order valence-electron chi connectivity index (χ1n) is 9.99. The zero-order valence-electron chi connectivity index (χ0n) is 16.5. The number of furan rings is 1. The molecule has 0 bridgehead atoms. The van der Waals surface area contributed by atoms with Gasteiger partial charge in [0.25, 0.3) is 0 Å². The van der Waals surface area contributed by atoms with Gasteiger partial charge in [-0.3, -0.25) is 14.7 Å². The summed E-state index contributed by atoms with van der Waals surface area (Å²) in [5, 5.41) is 4.32. The molecular weight excluding hydrogens is 350 g/mol. The topological polar surface area (TPSA) is 58.4 Å². The third-order valence-corrected chi connectivity index (χ3v) is 5.78. The molecule has 1 aromatic carbocycles. The van der Waals surface area contributed by atoms with Gasteiger partial charge in [0, 0.05) is 18.5 Å². The molecule has 3 heterocycles. The van der Waals surface area contributed by atoms with Crippen LogP contribution >= 0.6 is 0 Å². The van der Waals surface area contributed by atoms with E-state index in [2.05, 4.69) is 34.3 Å². The second-order valence-electron chi connectivity index (χ2n) is 7.69. The average Bonchev–Trinajstić information content (AvgIpc) is 3.03. The number of likely N-dealkylation sites (tertiary alicyclic amines) is 1. The van der Waals surface area contributed by atoms with Crippen molar-refractivity contribution in [2.24, 2.45) is 5.92 Å². The van der Waals surface area contributed by atoms with E-state index in [1.54, 1.807) is 13.1 Å². The van der Waals surface area contributed by atoms with Crippen molar-refractivity contribution >= 4 is 16.9 Å². The van der Waals surface area contributed by atoms with E-state index >= 15 is 0 Å². The minimum atomic E-state index is -0.0196. The molecule has 1 N–H and O–H groups in total. The van der Waals surface area contributed by atoms with Crippen LogP contribution in [-0.4, -0.2) is 28.9 Å². The first-order chi connectivity index (χ1) is 13.6. The molecule has 0 spiro atoms. The maximum atomic E-state index is 11.7. The number of para-hydroxylation sites is 1. The summed E-state index contributed by atoms with van der Waals surface area (Å²) in [4.78, 5) is 18.7. The van der Waals surface area contributed by atoms with Crippen LogP contribution in [0.15, 0.2) is 53.1 Å². The maximum absolute atomic E-state index is 11.7. The number of piperidine rings is 1. The molecule has 28 heavy (non-hydrogen) atoms. The molecule has 146 valence electrons. The highest BCUT2D eigenvalue weighted by molar-refractivity contribution is 5.81. The van der Waals surface area contributed by atoms with Gasteiger partial charge in [0.2, 0.25) is 5.91 Å². The predicted octanol–water partition coefficient (Wildman–Crippen LogP) is 4.23. The number of aryl methyl sites for hydroxylation is 1. The molecule has 1 aliphatic heterocycles. The van der Waals surface area contributed by atoms with Gasteiger partial charge in [0.1, 0.15) is 11.3 Å². The molecule has 0 aliphatic carbocycles. The fraction of sp³-hybridized carbons (Fsp3) is 0.391. The molecule has 3 aromatic rings. The van der Waals surface area contributed by atoms with E-state index in [1.807, 2.05) is 30.3 Å². The molecule has 1 atom stereocenters. The molecule has 4 rings (SSSR count). The Bertz CT molecular complexity index is 943. The van der Waals surface area contributed by atoms with Gasteiger partial charge in [0.05, 0.1) is 18.3 Å². The highest BCUT2D eigenvalue weighted by Crippen LogP contribution is 2.32. The minimum Gasteiger partial charge on any atom is -0.459 e. The van der Waals surface area contributed by atoms with Crippen molar-refractivity contribution in [2.45, 2.75) is 39.3 Å². The number of rotatable bonds is 5. The Labute approximate surface area is 165 Å². The third-order valence-electron chi connectivity index (χ3n) is 5.78. The van der Waals surface area contributed by atoms with Crippen molar-refractivity contribution in [1.29, 1.82) is 0 Å². The lowest BCUT2D eigenvalue weighted by Crippen LogP contribution is -2.40. The van der Waals surface area contributed by atoms with E-state index in [0.29, 0.717) is 5.92 Å². The fourth-order valence-electron chi connectivity index (χ4n) is 4.24. The van der Waals surface area contributed by atoms with Crippen LogP contribution in [0.3, 0.4) is 0 Å². The predicted molar refractivity (Wildman–Crippen MR) is 110 cm³/mol. The lowest BCUT2D eigenvalue weighted by Gasteiger charge is -2.35. The molecule has 0 saturated carbocycles. The Morgan fingerprint density at radius 2 is 1.96 bits per heavy atom. The Kier molecular flexibility index (Phi) is 5.44. The number of pyridine rings is 1. The molecule has 1 amide bonds. The number of benzene rings is 1. The lowest BCUT2D eigenvalue weighted by molar-refractivity contribution is -0.120. The van der Waals surface area contributed by atoms with Crippen molar-refractivity contribution in [2.75, 3.05) is 13.1 Å². The molecule has 1 aliphatic rings. The van der Waals surface area contributed by atoms with Gasteiger partial charge < -0.3 is 9.73 Å². The van der Waals surface area contributed by atoms with Gasteiger partial charge in [-0.1, -0.05) is 24.3 Å². The standard InChI is InChI=1S/C23H27N3O2/c1-16-19-7-3-4-9-21(19)28-22(16)15-26-13-10-18(11-14-26)23(25-17(2)27)20-8-5-6-12-24-20/h3-9,12,18,23H,10-11,13-15H2,1-2H3,(H,25,27). The molecule has 0 radical (unpaired) electrons. The Hall–Kier alpha value is -2.66. The molecule has 5 heteroatoms. The molecule has 2 aromatic heterocycles. The molecule has 5 nitrogen and oxygen atoms in total. The van der Waals surface area contributed by atoms with Gasteiger partial charge >= 0.3 is 0 Å². The largest absolute Gasteiger partial charge is 0.459 e. The number of hydrogen-bond donors (Lipinski definition) is 1. The van der Waals surface area contributed by atoms with E-state index < -0.39 is 0 Å². The van der Waals surface area contributed by atoms with Gasteiger partial charge in [0.15, 0.2) is 0 Å². The summed E-state index contributed by atoms with van der Waals surface area (Å²) in [6.45, 7) is 6.53. The van der Waals surface area contributed by atoms with Crippen molar-refractivity contribution in [3.8, 4) is 0 Å². The molecule has 1 unspecified atom stereocenters. The van der Waals surface area contributed by atoms with Crippen LogP contribution in [0.4, 0.5) is 0 Å². The van der Waals surface area contributed by atoms with Crippen molar-refractivity contribution in [3.63, 3.8) is 0 Å². The number of fused-ring (bicyclic) bond motifs is 1. The summed E-state index contributed by atoms with van der Waals surface area (Å²) in [7, 11) is 0. The minimum absolute atomic E-state index is 0.00372. The highest BCUT2D eigenvalue weighted by Gasteiger charge is 2.29. The van der Waals surface area contributed by atoms with Crippen LogP contribution in [0.2, 0.25) is 0 Å². The SMILES string of the molecule is CC(=O)NC(c1ccccn1)C1CCN(Cc2oc3ccccc3c2C)CC1. The number of hydrogen-bond acceptors (Lipinski definition) is 4. The average molecular weight is 377 g/mol. The number of nitrogens with one attached hydrogen (secondary N) is 1. The number of carbonyl (C=O) groups is 1. The van der Waals surface area contributed by atoms with Crippen LogP contribution in [0.1, 0.15) is 42.8 Å². The van der Waals surface area contributed by atoms with Crippen LogP contribution < -0.4 is 5.32 Å². The smallest absolute Gasteiger partial charge is 0.217 e. The zero-order chi connectivity index (χ0) is 19.5. The van der Waals surface area contributed by atoms with Crippen LogP contribution in [0, 0.1) is 12.8 Å². The molecule has 1 saturated heterocycles. The van der Waals surface area contributed by atoms with Gasteiger partial charge in [-0.05, 0) is 62.5 Å². The monoisotopic (exact) mass is 377 g/mol. The molecular formula is C23H27N3O2. The van der Waals surface area contributed by atoms with E-state index in [9.17, 15) is 4.79 Å².